The zero-order chi connectivity index (χ0) is 22.0. The zero-order valence-electron chi connectivity index (χ0n) is 18.0. The van der Waals surface area contributed by atoms with Crippen molar-refractivity contribution >= 4 is 9.84 Å². The van der Waals surface area contributed by atoms with Crippen molar-refractivity contribution in [3.8, 4) is 11.1 Å². The molecule has 7 nitrogen and oxygen atoms in total. The van der Waals surface area contributed by atoms with Crippen LogP contribution in [0, 0.1) is 0 Å². The van der Waals surface area contributed by atoms with Gasteiger partial charge >= 0.3 is 0 Å². The van der Waals surface area contributed by atoms with Gasteiger partial charge in [-0.25, -0.2) is 8.42 Å². The molecule has 0 saturated carbocycles. The molecule has 0 bridgehead atoms. The van der Waals surface area contributed by atoms with E-state index in [4.69, 9.17) is 4.74 Å². The van der Waals surface area contributed by atoms with Crippen molar-refractivity contribution in [2.24, 2.45) is 0 Å². The molecule has 0 aliphatic carbocycles. The number of nitrogens with one attached hydrogen (secondary N) is 1. The zero-order valence-corrected chi connectivity index (χ0v) is 18.8. The van der Waals surface area contributed by atoms with E-state index in [1.807, 2.05) is 54.6 Å². The predicted molar refractivity (Wildman–Crippen MR) is 122 cm³/mol. The summed E-state index contributed by atoms with van der Waals surface area (Å²) in [5.74, 6) is 0.577. The van der Waals surface area contributed by atoms with Crippen molar-refractivity contribution in [3.63, 3.8) is 0 Å². The van der Waals surface area contributed by atoms with Crippen LogP contribution < -0.4 is 5.32 Å². The minimum atomic E-state index is -3.72. The molecule has 5 rings (SSSR count). The summed E-state index contributed by atoms with van der Waals surface area (Å²) in [6.45, 7) is 2.09. The predicted octanol–water partition coefficient (Wildman–Crippen LogP) is 3.52. The number of ether oxygens (including phenoxy) is 1. The van der Waals surface area contributed by atoms with E-state index in [2.05, 4.69) is 15.5 Å². The van der Waals surface area contributed by atoms with Crippen molar-refractivity contribution < 1.29 is 13.2 Å². The van der Waals surface area contributed by atoms with Crippen LogP contribution in [0.1, 0.15) is 43.1 Å². The molecule has 8 heteroatoms. The van der Waals surface area contributed by atoms with E-state index >= 15 is 0 Å². The first-order chi connectivity index (χ1) is 15.6. The molecule has 2 saturated heterocycles. The largest absolute Gasteiger partial charge is 0.376 e. The minimum absolute atomic E-state index is 0.00305. The highest BCUT2D eigenvalue weighted by atomic mass is 32.2. The second-order valence-electron chi connectivity index (χ2n) is 8.52. The topological polar surface area (TPSA) is 86.1 Å². The fraction of sp³-hybridized carbons (Fsp3) is 0.417. The maximum absolute atomic E-state index is 13.6. The lowest BCUT2D eigenvalue weighted by molar-refractivity contribution is 0.0936. The van der Waals surface area contributed by atoms with Crippen LogP contribution in [0.2, 0.25) is 0 Å². The standard InChI is InChI=1S/C24H28N4O3S/c29-32(30,17-19-10-4-5-12-21(19)18-8-2-1-3-9-18)24-27-26-23(22-13-6-14-25-22)28(24)16-20-11-7-15-31-20/h1-5,8-10,12,20,22,25H,6-7,11,13-17H2. The van der Waals surface area contributed by atoms with Gasteiger partial charge in [0, 0.05) is 6.61 Å². The van der Waals surface area contributed by atoms with Crippen molar-refractivity contribution in [3.05, 3.63) is 66.0 Å². The smallest absolute Gasteiger partial charge is 0.250 e. The van der Waals surface area contributed by atoms with Crippen molar-refractivity contribution in [2.75, 3.05) is 13.2 Å². The van der Waals surface area contributed by atoms with Crippen molar-refractivity contribution in [1.82, 2.24) is 20.1 Å². The summed E-state index contributed by atoms with van der Waals surface area (Å²) in [7, 11) is -3.72. The van der Waals surface area contributed by atoms with E-state index in [0.29, 0.717) is 12.4 Å². The molecular weight excluding hydrogens is 424 g/mol. The summed E-state index contributed by atoms with van der Waals surface area (Å²) in [4.78, 5) is 0. The van der Waals surface area contributed by atoms with Crippen LogP contribution in [-0.4, -0.2) is 42.4 Å². The van der Waals surface area contributed by atoms with E-state index in [-0.39, 0.29) is 23.1 Å². The molecule has 3 aromatic rings. The fourth-order valence-corrected chi connectivity index (χ4v) is 6.13. The molecule has 2 aliphatic rings. The van der Waals surface area contributed by atoms with Crippen LogP contribution in [0.25, 0.3) is 11.1 Å². The molecule has 2 atom stereocenters. The molecule has 0 radical (unpaired) electrons. The highest BCUT2D eigenvalue weighted by molar-refractivity contribution is 7.90. The molecule has 0 spiro atoms. The van der Waals surface area contributed by atoms with Gasteiger partial charge in [-0.15, -0.1) is 10.2 Å². The Bertz CT molecular complexity index is 1160. The number of sulfone groups is 1. The van der Waals surface area contributed by atoms with Crippen LogP contribution in [0.4, 0.5) is 0 Å². The van der Waals surface area contributed by atoms with Gasteiger partial charge in [-0.05, 0) is 48.9 Å². The maximum atomic E-state index is 13.6. The number of hydrogen-bond donors (Lipinski definition) is 1. The van der Waals surface area contributed by atoms with Crippen molar-refractivity contribution in [2.45, 2.75) is 55.3 Å². The number of benzene rings is 2. The Morgan fingerprint density at radius 3 is 2.56 bits per heavy atom. The van der Waals surface area contributed by atoms with Gasteiger partial charge < -0.3 is 10.1 Å². The molecule has 2 aromatic carbocycles. The van der Waals surface area contributed by atoms with E-state index < -0.39 is 9.84 Å². The molecule has 2 aliphatic heterocycles. The summed E-state index contributed by atoms with van der Waals surface area (Å²) in [6.07, 6.45) is 3.89. The molecule has 168 valence electrons. The van der Waals surface area contributed by atoms with Gasteiger partial charge in [0.15, 0.2) is 5.82 Å². The highest BCUT2D eigenvalue weighted by Crippen LogP contribution is 2.29. The van der Waals surface area contributed by atoms with E-state index in [1.54, 1.807) is 4.57 Å². The van der Waals surface area contributed by atoms with Gasteiger partial charge in [0.05, 0.1) is 24.4 Å². The second kappa shape index (κ2) is 9.13. The molecule has 0 amide bonds. The first kappa shape index (κ1) is 21.3. The van der Waals surface area contributed by atoms with Crippen LogP contribution in [0.3, 0.4) is 0 Å². The molecule has 32 heavy (non-hydrogen) atoms. The Morgan fingerprint density at radius 2 is 1.81 bits per heavy atom. The highest BCUT2D eigenvalue weighted by Gasteiger charge is 2.32. The molecule has 2 fully saturated rings. The molecular formula is C24H28N4O3S. The Hall–Kier alpha value is -2.55. The number of nitrogens with zero attached hydrogens (tertiary/aromatic N) is 3. The lowest BCUT2D eigenvalue weighted by Gasteiger charge is -2.18. The quantitative estimate of drug-likeness (QED) is 0.590. The Labute approximate surface area is 188 Å². The van der Waals surface area contributed by atoms with Crippen LogP contribution in [0.15, 0.2) is 59.8 Å². The van der Waals surface area contributed by atoms with Gasteiger partial charge in [0.25, 0.3) is 0 Å². The van der Waals surface area contributed by atoms with Crippen molar-refractivity contribution in [1.29, 1.82) is 0 Å². The summed E-state index contributed by atoms with van der Waals surface area (Å²) < 4.78 is 34.9. The second-order valence-corrected chi connectivity index (χ2v) is 10.4. The molecule has 1 aromatic heterocycles. The Balaban J connectivity index is 1.50. The lowest BCUT2D eigenvalue weighted by atomic mass is 10.0. The SMILES string of the molecule is O=S(=O)(Cc1ccccc1-c1ccccc1)c1nnc(C2CCCN2)n1CC1CCCO1. The summed E-state index contributed by atoms with van der Waals surface area (Å²) in [5, 5.41) is 12.0. The number of aromatic nitrogens is 3. The van der Waals surface area contributed by atoms with Gasteiger partial charge in [-0.3, -0.25) is 4.57 Å². The van der Waals surface area contributed by atoms with Gasteiger partial charge in [0.1, 0.15) is 0 Å². The summed E-state index contributed by atoms with van der Waals surface area (Å²) in [5.41, 5.74) is 2.67. The monoisotopic (exact) mass is 452 g/mol. The normalized spacial score (nSPS) is 21.2. The fourth-order valence-electron chi connectivity index (χ4n) is 4.67. The molecule has 3 heterocycles. The molecule has 2 unspecified atom stereocenters. The Morgan fingerprint density at radius 1 is 1.00 bits per heavy atom. The third kappa shape index (κ3) is 4.35. The number of rotatable bonds is 7. The first-order valence-corrected chi connectivity index (χ1v) is 12.9. The summed E-state index contributed by atoms with van der Waals surface area (Å²) in [6, 6.07) is 17.5. The maximum Gasteiger partial charge on any atom is 0.250 e. The van der Waals surface area contributed by atoms with E-state index in [9.17, 15) is 8.42 Å². The van der Waals surface area contributed by atoms with Crippen LogP contribution >= 0.6 is 0 Å². The van der Waals surface area contributed by atoms with Gasteiger partial charge in [-0.1, -0.05) is 54.6 Å². The van der Waals surface area contributed by atoms with Gasteiger partial charge in [0.2, 0.25) is 15.0 Å². The average Bonchev–Trinajstić information content (AvgIpc) is 3.57. The number of hydrogen-bond acceptors (Lipinski definition) is 6. The third-order valence-electron chi connectivity index (χ3n) is 6.25. The molecule has 1 N–H and O–H groups in total. The van der Waals surface area contributed by atoms with Gasteiger partial charge in [-0.2, -0.15) is 0 Å². The first-order valence-electron chi connectivity index (χ1n) is 11.3. The van der Waals surface area contributed by atoms with E-state index in [0.717, 1.165) is 55.5 Å². The summed E-state index contributed by atoms with van der Waals surface area (Å²) >= 11 is 0. The average molecular weight is 453 g/mol. The minimum Gasteiger partial charge on any atom is -0.376 e. The third-order valence-corrected chi connectivity index (χ3v) is 7.80. The lowest BCUT2D eigenvalue weighted by Crippen LogP contribution is -2.25. The van der Waals surface area contributed by atoms with E-state index in [1.165, 1.54) is 0 Å². The van der Waals surface area contributed by atoms with Crippen LogP contribution in [0.5, 0.6) is 0 Å². The van der Waals surface area contributed by atoms with Crippen LogP contribution in [-0.2, 0) is 26.9 Å². The Kier molecular flexibility index (Phi) is 6.08.